The highest BCUT2D eigenvalue weighted by atomic mass is 35.5. The molecule has 0 bridgehead atoms. The van der Waals surface area contributed by atoms with Crippen LogP contribution in [-0.2, 0) is 0 Å². The van der Waals surface area contributed by atoms with E-state index in [1.54, 1.807) is 0 Å². The van der Waals surface area contributed by atoms with E-state index in [1.807, 2.05) is 38.1 Å². The molecule has 13 heavy (non-hydrogen) atoms. The van der Waals surface area contributed by atoms with Gasteiger partial charge in [0.05, 0.1) is 0 Å². The van der Waals surface area contributed by atoms with E-state index in [2.05, 4.69) is 0 Å². The summed E-state index contributed by atoms with van der Waals surface area (Å²) in [6.07, 6.45) is 3.25. The fourth-order valence-electron chi connectivity index (χ4n) is 1.24. The van der Waals surface area contributed by atoms with Crippen molar-refractivity contribution in [2.45, 2.75) is 13.8 Å². The summed E-state index contributed by atoms with van der Waals surface area (Å²) in [6, 6.07) is 5.73. The zero-order chi connectivity index (χ0) is 9.84. The van der Waals surface area contributed by atoms with Gasteiger partial charge in [0.25, 0.3) is 0 Å². The molecule has 0 aliphatic carbocycles. The Hall–Kier alpha value is -1.08. The van der Waals surface area contributed by atoms with E-state index in [9.17, 15) is 0 Å². The van der Waals surface area contributed by atoms with E-state index >= 15 is 0 Å². The summed E-state index contributed by atoms with van der Waals surface area (Å²) in [7, 11) is 0. The van der Waals surface area contributed by atoms with Gasteiger partial charge in [-0.15, -0.1) is 0 Å². The Bertz CT molecular complexity index is 353. The molecule has 1 rings (SSSR count). The average molecular weight is 194 g/mol. The van der Waals surface area contributed by atoms with Crippen molar-refractivity contribution in [3.63, 3.8) is 0 Å². The molecule has 0 saturated carbocycles. The summed E-state index contributed by atoms with van der Waals surface area (Å²) in [6.45, 7) is 3.88. The third kappa shape index (κ3) is 1.99. The van der Waals surface area contributed by atoms with Crippen LogP contribution in [0.3, 0.4) is 0 Å². The molecule has 0 amide bonds. The molecule has 2 heteroatoms. The summed E-state index contributed by atoms with van der Waals surface area (Å²) in [5.41, 5.74) is 2.96. The van der Waals surface area contributed by atoms with Gasteiger partial charge < -0.3 is 5.41 Å². The number of nitrogens with one attached hydrogen (secondary N) is 1. The van der Waals surface area contributed by atoms with Gasteiger partial charge in [-0.3, -0.25) is 0 Å². The molecule has 0 atom stereocenters. The van der Waals surface area contributed by atoms with Crippen LogP contribution in [0.25, 0.3) is 5.57 Å². The van der Waals surface area contributed by atoms with Gasteiger partial charge in [0.2, 0.25) is 0 Å². The van der Waals surface area contributed by atoms with E-state index in [0.29, 0.717) is 0 Å². The fourth-order valence-corrected chi connectivity index (χ4v) is 1.41. The Balaban J connectivity index is 3.29. The zero-order valence-corrected chi connectivity index (χ0v) is 8.52. The molecule has 1 nitrogen and oxygen atoms in total. The molecule has 0 aliphatic rings. The SMILES string of the molecule is C/C=C(\C=N)c1cccc(Cl)c1C. The van der Waals surface area contributed by atoms with Gasteiger partial charge in [0.1, 0.15) is 0 Å². The topological polar surface area (TPSA) is 23.9 Å². The summed E-state index contributed by atoms with van der Waals surface area (Å²) < 4.78 is 0. The van der Waals surface area contributed by atoms with Crippen LogP contribution in [0.15, 0.2) is 24.3 Å². The molecule has 0 saturated heterocycles. The van der Waals surface area contributed by atoms with Crippen LogP contribution >= 0.6 is 11.6 Å². The van der Waals surface area contributed by atoms with Gasteiger partial charge in [-0.25, -0.2) is 0 Å². The first-order valence-corrected chi connectivity index (χ1v) is 4.50. The number of hydrogen-bond donors (Lipinski definition) is 1. The zero-order valence-electron chi connectivity index (χ0n) is 7.76. The monoisotopic (exact) mass is 193 g/mol. The number of rotatable bonds is 2. The van der Waals surface area contributed by atoms with Gasteiger partial charge in [-0.1, -0.05) is 29.8 Å². The van der Waals surface area contributed by atoms with Crippen LogP contribution in [0.4, 0.5) is 0 Å². The highest BCUT2D eigenvalue weighted by Crippen LogP contribution is 2.23. The average Bonchev–Trinajstić information content (AvgIpc) is 2.14. The molecule has 1 aromatic rings. The maximum absolute atomic E-state index is 7.23. The van der Waals surface area contributed by atoms with Crippen molar-refractivity contribution in [1.29, 1.82) is 5.41 Å². The van der Waals surface area contributed by atoms with E-state index in [0.717, 1.165) is 21.7 Å². The van der Waals surface area contributed by atoms with Crippen molar-refractivity contribution in [1.82, 2.24) is 0 Å². The van der Waals surface area contributed by atoms with Crippen molar-refractivity contribution in [2.75, 3.05) is 0 Å². The van der Waals surface area contributed by atoms with E-state index in [4.69, 9.17) is 17.0 Å². The van der Waals surface area contributed by atoms with Crippen LogP contribution in [-0.4, -0.2) is 6.21 Å². The van der Waals surface area contributed by atoms with Crippen molar-refractivity contribution in [3.8, 4) is 0 Å². The lowest BCUT2D eigenvalue weighted by atomic mass is 10.0. The van der Waals surface area contributed by atoms with Crippen molar-refractivity contribution in [2.24, 2.45) is 0 Å². The number of benzene rings is 1. The first-order valence-electron chi connectivity index (χ1n) is 4.13. The predicted octanol–water partition coefficient (Wildman–Crippen LogP) is 3.70. The lowest BCUT2D eigenvalue weighted by Gasteiger charge is -2.06. The van der Waals surface area contributed by atoms with E-state index in [1.165, 1.54) is 6.21 Å². The Morgan fingerprint density at radius 1 is 1.46 bits per heavy atom. The van der Waals surface area contributed by atoms with Crippen LogP contribution < -0.4 is 0 Å². The molecule has 0 radical (unpaired) electrons. The summed E-state index contributed by atoms with van der Waals surface area (Å²) >= 11 is 5.97. The first kappa shape index (κ1) is 10.0. The van der Waals surface area contributed by atoms with Crippen LogP contribution in [0, 0.1) is 12.3 Å². The maximum Gasteiger partial charge on any atom is 0.0441 e. The molecule has 0 spiro atoms. The third-order valence-electron chi connectivity index (χ3n) is 2.05. The van der Waals surface area contributed by atoms with Gasteiger partial charge >= 0.3 is 0 Å². The lowest BCUT2D eigenvalue weighted by Crippen LogP contribution is -1.89. The Kier molecular flexibility index (Phi) is 3.26. The number of halogens is 1. The van der Waals surface area contributed by atoms with Crippen LogP contribution in [0.1, 0.15) is 18.1 Å². The molecule has 1 N–H and O–H groups in total. The molecule has 0 heterocycles. The molecular weight excluding hydrogens is 182 g/mol. The van der Waals surface area contributed by atoms with Gasteiger partial charge in [0, 0.05) is 11.2 Å². The standard InChI is InChI=1S/C11H12ClN/c1-3-9(7-13)10-5-4-6-11(12)8(10)2/h3-7,13H,1-2H3/b9-3+,13-7?. The molecule has 0 fully saturated rings. The second kappa shape index (κ2) is 4.24. The van der Waals surface area contributed by atoms with Crippen molar-refractivity contribution < 1.29 is 0 Å². The quantitative estimate of drug-likeness (QED) is 0.693. The molecule has 68 valence electrons. The normalized spacial score (nSPS) is 11.5. The second-order valence-corrected chi connectivity index (χ2v) is 3.21. The Labute approximate surface area is 83.6 Å². The summed E-state index contributed by atoms with van der Waals surface area (Å²) in [5.74, 6) is 0. The van der Waals surface area contributed by atoms with E-state index in [-0.39, 0.29) is 0 Å². The smallest absolute Gasteiger partial charge is 0.0441 e. The maximum atomic E-state index is 7.23. The van der Waals surface area contributed by atoms with Crippen molar-refractivity contribution >= 4 is 23.4 Å². The van der Waals surface area contributed by atoms with Crippen molar-refractivity contribution in [3.05, 3.63) is 40.4 Å². The minimum atomic E-state index is 0.749. The largest absolute Gasteiger partial charge is 0.308 e. The molecule has 0 aromatic heterocycles. The van der Waals surface area contributed by atoms with Crippen LogP contribution in [0.5, 0.6) is 0 Å². The number of hydrogen-bond acceptors (Lipinski definition) is 1. The highest BCUT2D eigenvalue weighted by Gasteiger charge is 2.03. The Morgan fingerprint density at radius 3 is 2.69 bits per heavy atom. The third-order valence-corrected chi connectivity index (χ3v) is 2.45. The van der Waals surface area contributed by atoms with Gasteiger partial charge in [0.15, 0.2) is 0 Å². The van der Waals surface area contributed by atoms with Gasteiger partial charge in [-0.05, 0) is 36.6 Å². The Morgan fingerprint density at radius 2 is 2.15 bits per heavy atom. The molecule has 1 aromatic carbocycles. The minimum Gasteiger partial charge on any atom is -0.308 e. The van der Waals surface area contributed by atoms with Crippen LogP contribution in [0.2, 0.25) is 5.02 Å². The predicted molar refractivity (Wildman–Crippen MR) is 58.6 cm³/mol. The summed E-state index contributed by atoms with van der Waals surface area (Å²) in [5, 5.41) is 7.98. The second-order valence-electron chi connectivity index (χ2n) is 2.80. The first-order chi connectivity index (χ1) is 6.20. The molecule has 0 unspecified atom stereocenters. The number of allylic oxidation sites excluding steroid dienone is 2. The lowest BCUT2D eigenvalue weighted by molar-refractivity contribution is 1.42. The summed E-state index contributed by atoms with van der Waals surface area (Å²) in [4.78, 5) is 0. The fraction of sp³-hybridized carbons (Fsp3) is 0.182. The van der Waals surface area contributed by atoms with Gasteiger partial charge in [-0.2, -0.15) is 0 Å². The molecular formula is C11H12ClN. The van der Waals surface area contributed by atoms with E-state index < -0.39 is 0 Å². The highest BCUT2D eigenvalue weighted by molar-refractivity contribution is 6.31. The molecule has 0 aliphatic heterocycles. The minimum absolute atomic E-state index is 0.749.